The Bertz CT molecular complexity index is 2390. The smallest absolute Gasteiger partial charge is 0.220 e. The van der Waals surface area contributed by atoms with E-state index >= 15 is 0 Å². The molecule has 4 aromatic heterocycles. The van der Waals surface area contributed by atoms with Crippen molar-refractivity contribution in [3.8, 4) is 22.5 Å². The highest BCUT2D eigenvalue weighted by atomic mass is 15.2. The van der Waals surface area contributed by atoms with Crippen LogP contribution in [-0.2, 0) is 0 Å². The highest BCUT2D eigenvalue weighted by Gasteiger charge is 2.21. The number of rotatable bonds is 3. The molecule has 41 heavy (non-hydrogen) atoms. The van der Waals surface area contributed by atoms with Gasteiger partial charge in [0.05, 0.1) is 50.7 Å². The van der Waals surface area contributed by atoms with Gasteiger partial charge >= 0.3 is 0 Å². The third-order valence-electron chi connectivity index (χ3n) is 8.16. The number of imidazole rings is 2. The van der Waals surface area contributed by atoms with Crippen molar-refractivity contribution in [2.75, 3.05) is 0 Å². The minimum atomic E-state index is 0.871. The molecule has 0 aliphatic heterocycles. The van der Waals surface area contributed by atoms with Crippen LogP contribution in [0.1, 0.15) is 0 Å². The number of para-hydroxylation sites is 7. The second-order valence-electron chi connectivity index (χ2n) is 10.3. The third kappa shape index (κ3) is 3.06. The number of benzene rings is 5. The number of nitrogens with zero attached hydrogens (tertiary/aromatic N) is 5. The molecule has 4 heterocycles. The summed E-state index contributed by atoms with van der Waals surface area (Å²) in [5, 5.41) is 2.49. The average molecular weight is 526 g/mol. The van der Waals surface area contributed by atoms with Crippen LogP contribution in [0.4, 0.5) is 0 Å². The molecule has 9 rings (SSSR count). The first-order valence-corrected chi connectivity index (χ1v) is 13.8. The van der Waals surface area contributed by atoms with E-state index in [4.69, 9.17) is 4.98 Å². The van der Waals surface area contributed by atoms with Gasteiger partial charge < -0.3 is 4.57 Å². The van der Waals surface area contributed by atoms with Gasteiger partial charge in [-0.15, -0.1) is 0 Å². The van der Waals surface area contributed by atoms with E-state index in [0.717, 1.165) is 50.3 Å². The summed E-state index contributed by atoms with van der Waals surface area (Å²) in [5.41, 5.74) is 11.0. The van der Waals surface area contributed by atoms with Crippen LogP contribution in [0.25, 0.3) is 72.2 Å². The van der Waals surface area contributed by atoms with E-state index in [1.807, 2.05) is 18.5 Å². The first-order chi connectivity index (χ1) is 20.4. The number of pyridine rings is 1. The Labute approximate surface area is 235 Å². The van der Waals surface area contributed by atoms with Gasteiger partial charge in [-0.25, -0.2) is 4.98 Å². The largest absolute Gasteiger partial charge is 0.309 e. The standard InChI is InChI=1S/C36H23N5/c1-5-15-29-24(11-1)25-12-2-6-16-30(25)39(29)31-17-7-3-13-26(31)27-21-22-37-23-35(27)41-34-20-10-9-19-33(34)40-32-18-8-4-14-28(32)38-36(40)41/h1-23H. The van der Waals surface area contributed by atoms with Crippen LogP contribution in [0.3, 0.4) is 0 Å². The van der Waals surface area contributed by atoms with Crippen LogP contribution < -0.4 is 0 Å². The molecule has 0 spiro atoms. The normalized spacial score (nSPS) is 11.9. The second kappa shape index (κ2) is 8.41. The predicted molar refractivity (Wildman–Crippen MR) is 167 cm³/mol. The number of aromatic nitrogens is 5. The highest BCUT2D eigenvalue weighted by Crippen LogP contribution is 2.39. The van der Waals surface area contributed by atoms with E-state index < -0.39 is 0 Å². The topological polar surface area (TPSA) is 40.0 Å². The van der Waals surface area contributed by atoms with Gasteiger partial charge in [0.25, 0.3) is 0 Å². The van der Waals surface area contributed by atoms with Gasteiger partial charge in [-0.1, -0.05) is 78.9 Å². The van der Waals surface area contributed by atoms with Gasteiger partial charge in [0, 0.05) is 28.1 Å². The molecule has 0 radical (unpaired) electrons. The first kappa shape index (κ1) is 22.2. The van der Waals surface area contributed by atoms with E-state index in [1.165, 1.54) is 21.8 Å². The first-order valence-electron chi connectivity index (χ1n) is 13.8. The fourth-order valence-corrected chi connectivity index (χ4v) is 6.46. The molecule has 0 aliphatic rings. The summed E-state index contributed by atoms with van der Waals surface area (Å²) in [7, 11) is 0. The van der Waals surface area contributed by atoms with Crippen molar-refractivity contribution in [3.63, 3.8) is 0 Å². The zero-order valence-electron chi connectivity index (χ0n) is 22.0. The lowest BCUT2D eigenvalue weighted by atomic mass is 10.0. The van der Waals surface area contributed by atoms with Crippen molar-refractivity contribution in [1.29, 1.82) is 0 Å². The summed E-state index contributed by atoms with van der Waals surface area (Å²) < 4.78 is 6.89. The van der Waals surface area contributed by atoms with Crippen LogP contribution >= 0.6 is 0 Å². The van der Waals surface area contributed by atoms with Gasteiger partial charge in [0.2, 0.25) is 5.78 Å². The Hall–Kier alpha value is -5.68. The molecule has 5 aromatic carbocycles. The fraction of sp³-hybridized carbons (Fsp3) is 0. The van der Waals surface area contributed by atoms with Crippen LogP contribution in [0.5, 0.6) is 0 Å². The monoisotopic (exact) mass is 525 g/mol. The van der Waals surface area contributed by atoms with E-state index in [9.17, 15) is 0 Å². The Balaban J connectivity index is 1.38. The molecule has 0 fully saturated rings. The Morgan fingerprint density at radius 1 is 0.439 bits per heavy atom. The summed E-state index contributed by atoms with van der Waals surface area (Å²) in [4.78, 5) is 9.73. The lowest BCUT2D eigenvalue weighted by Gasteiger charge is -2.17. The van der Waals surface area contributed by atoms with Gasteiger partial charge in [0.15, 0.2) is 0 Å². The van der Waals surface area contributed by atoms with E-state index in [1.54, 1.807) is 0 Å². The van der Waals surface area contributed by atoms with Crippen LogP contribution in [0.2, 0.25) is 0 Å². The summed E-state index contributed by atoms with van der Waals surface area (Å²) in [5.74, 6) is 0.871. The maximum Gasteiger partial charge on any atom is 0.220 e. The molecule has 9 aromatic rings. The molecule has 0 unspecified atom stereocenters. The van der Waals surface area contributed by atoms with E-state index in [0.29, 0.717) is 0 Å². The minimum absolute atomic E-state index is 0.871. The van der Waals surface area contributed by atoms with E-state index in [2.05, 4.69) is 140 Å². The van der Waals surface area contributed by atoms with Gasteiger partial charge in [0.1, 0.15) is 0 Å². The predicted octanol–water partition coefficient (Wildman–Crippen LogP) is 8.59. The summed E-state index contributed by atoms with van der Waals surface area (Å²) in [6, 6.07) is 44.9. The number of fused-ring (bicyclic) bond motifs is 8. The van der Waals surface area contributed by atoms with Crippen LogP contribution in [-0.4, -0.2) is 23.5 Å². The number of hydrogen-bond acceptors (Lipinski definition) is 2. The lowest BCUT2D eigenvalue weighted by molar-refractivity contribution is 1.09. The average Bonchev–Trinajstić information content (AvgIpc) is 3.68. The molecule has 0 amide bonds. The molecule has 0 bridgehead atoms. The van der Waals surface area contributed by atoms with Crippen molar-refractivity contribution >= 4 is 49.7 Å². The van der Waals surface area contributed by atoms with Crippen molar-refractivity contribution in [2.24, 2.45) is 0 Å². The maximum atomic E-state index is 5.11. The fourth-order valence-electron chi connectivity index (χ4n) is 6.46. The molecule has 0 N–H and O–H groups in total. The third-order valence-corrected chi connectivity index (χ3v) is 8.16. The Morgan fingerprint density at radius 2 is 1.02 bits per heavy atom. The summed E-state index contributed by atoms with van der Waals surface area (Å²) in [6.45, 7) is 0. The van der Waals surface area contributed by atoms with Crippen molar-refractivity contribution in [1.82, 2.24) is 23.5 Å². The second-order valence-corrected chi connectivity index (χ2v) is 10.3. The van der Waals surface area contributed by atoms with Gasteiger partial charge in [-0.3, -0.25) is 14.0 Å². The molecule has 0 saturated carbocycles. The summed E-state index contributed by atoms with van der Waals surface area (Å²) in [6.07, 6.45) is 3.84. The molecule has 5 nitrogen and oxygen atoms in total. The molecular weight excluding hydrogens is 502 g/mol. The SMILES string of the molecule is c1ccc(-n2c3ccccc3c3ccccc32)c(-c2ccncc2-n2c3ccccc3n3c4ccccc4nc23)c1. The lowest BCUT2D eigenvalue weighted by Crippen LogP contribution is -2.02. The number of hydrogen-bond donors (Lipinski definition) is 0. The van der Waals surface area contributed by atoms with Crippen LogP contribution in [0.15, 0.2) is 140 Å². The zero-order chi connectivity index (χ0) is 26.9. The molecule has 0 saturated heterocycles. The maximum absolute atomic E-state index is 5.11. The molecular formula is C36H23N5. The van der Waals surface area contributed by atoms with Crippen molar-refractivity contribution in [3.05, 3.63) is 140 Å². The van der Waals surface area contributed by atoms with Crippen molar-refractivity contribution in [2.45, 2.75) is 0 Å². The molecule has 192 valence electrons. The zero-order valence-corrected chi connectivity index (χ0v) is 22.0. The van der Waals surface area contributed by atoms with E-state index in [-0.39, 0.29) is 0 Å². The quantitative estimate of drug-likeness (QED) is 0.232. The van der Waals surface area contributed by atoms with Crippen molar-refractivity contribution < 1.29 is 0 Å². The van der Waals surface area contributed by atoms with Gasteiger partial charge in [-0.05, 0) is 48.5 Å². The Kier molecular flexibility index (Phi) is 4.55. The van der Waals surface area contributed by atoms with Gasteiger partial charge in [-0.2, -0.15) is 0 Å². The molecule has 5 heteroatoms. The molecule has 0 aliphatic carbocycles. The van der Waals surface area contributed by atoms with Crippen LogP contribution in [0, 0.1) is 0 Å². The Morgan fingerprint density at radius 3 is 1.80 bits per heavy atom. The molecule has 0 atom stereocenters. The minimum Gasteiger partial charge on any atom is -0.309 e. The highest BCUT2D eigenvalue weighted by molar-refractivity contribution is 6.09. The summed E-state index contributed by atoms with van der Waals surface area (Å²) >= 11 is 0.